The number of hydrogen-bond donors (Lipinski definition) is 1. The Balaban J connectivity index is 2.44. The molecule has 0 aliphatic carbocycles. The average molecular weight is 200 g/mol. The van der Waals surface area contributed by atoms with E-state index >= 15 is 0 Å². The Morgan fingerprint density at radius 2 is 2.15 bits per heavy atom. The van der Waals surface area contributed by atoms with Crippen molar-refractivity contribution in [1.29, 1.82) is 0 Å². The molecule has 0 saturated heterocycles. The van der Waals surface area contributed by atoms with Crippen molar-refractivity contribution in [3.05, 3.63) is 11.8 Å². The highest BCUT2D eigenvalue weighted by Crippen LogP contribution is 2.17. The summed E-state index contributed by atoms with van der Waals surface area (Å²) in [5, 5.41) is 2.77. The summed E-state index contributed by atoms with van der Waals surface area (Å²) in [4.78, 5) is 2.10. The summed E-state index contributed by atoms with van der Waals surface area (Å²) in [6, 6.07) is 2.00. The normalized spacial score (nSPS) is 10.8. The van der Waals surface area contributed by atoms with Crippen molar-refractivity contribution < 1.29 is 0 Å². The number of rotatable bonds is 4. The van der Waals surface area contributed by atoms with E-state index in [1.807, 2.05) is 27.1 Å². The van der Waals surface area contributed by atoms with Crippen LogP contribution >= 0.6 is 11.5 Å². The molecule has 2 N–H and O–H groups in total. The van der Waals surface area contributed by atoms with Crippen molar-refractivity contribution in [2.45, 2.75) is 6.92 Å². The van der Waals surface area contributed by atoms with E-state index in [2.05, 4.69) is 9.27 Å². The minimum atomic E-state index is 0.828. The van der Waals surface area contributed by atoms with E-state index in [9.17, 15) is 0 Å². The quantitative estimate of drug-likeness (QED) is 0.574. The highest BCUT2D eigenvalue weighted by Gasteiger charge is 2.04. The average Bonchev–Trinajstić information content (AvgIpc) is 2.47. The standard InChI is InChI=1S/C8H16N4S/c1-7-6-8(13-10-7)12(9)5-4-11(2)3/h6H,4-5,9H2,1-3H3. The lowest BCUT2D eigenvalue weighted by molar-refractivity contribution is 0.414. The topological polar surface area (TPSA) is 45.4 Å². The Kier molecular flexibility index (Phi) is 3.65. The van der Waals surface area contributed by atoms with Gasteiger partial charge in [-0.05, 0) is 38.6 Å². The van der Waals surface area contributed by atoms with Gasteiger partial charge in [0.1, 0.15) is 5.00 Å². The van der Waals surface area contributed by atoms with Crippen LogP contribution in [0, 0.1) is 6.92 Å². The van der Waals surface area contributed by atoms with E-state index in [-0.39, 0.29) is 0 Å². The fourth-order valence-electron chi connectivity index (χ4n) is 0.903. The Morgan fingerprint density at radius 3 is 2.62 bits per heavy atom. The largest absolute Gasteiger partial charge is 0.308 e. The maximum Gasteiger partial charge on any atom is 0.126 e. The smallest absolute Gasteiger partial charge is 0.126 e. The van der Waals surface area contributed by atoms with Crippen molar-refractivity contribution in [3.63, 3.8) is 0 Å². The number of anilines is 1. The fraction of sp³-hybridized carbons (Fsp3) is 0.625. The van der Waals surface area contributed by atoms with Crippen LogP contribution in [0.4, 0.5) is 5.00 Å². The lowest BCUT2D eigenvalue weighted by Gasteiger charge is -2.18. The molecule has 0 aliphatic heterocycles. The van der Waals surface area contributed by atoms with Gasteiger partial charge < -0.3 is 4.90 Å². The third kappa shape index (κ3) is 3.30. The molecule has 0 aliphatic rings. The first-order valence-electron chi connectivity index (χ1n) is 4.20. The zero-order valence-corrected chi connectivity index (χ0v) is 9.14. The first-order valence-corrected chi connectivity index (χ1v) is 4.97. The van der Waals surface area contributed by atoms with Gasteiger partial charge in [0.25, 0.3) is 0 Å². The molecular weight excluding hydrogens is 184 g/mol. The van der Waals surface area contributed by atoms with Gasteiger partial charge in [0.05, 0.1) is 5.69 Å². The molecule has 0 saturated carbocycles. The molecule has 0 spiro atoms. The second-order valence-electron chi connectivity index (χ2n) is 3.30. The Hall–Kier alpha value is -0.650. The first-order chi connectivity index (χ1) is 6.09. The molecule has 1 aromatic rings. The number of likely N-dealkylation sites (N-methyl/N-ethyl adjacent to an activating group) is 1. The molecule has 1 aromatic heterocycles. The van der Waals surface area contributed by atoms with Crippen molar-refractivity contribution in [3.8, 4) is 0 Å². The molecule has 0 atom stereocenters. The molecule has 0 aromatic carbocycles. The minimum Gasteiger partial charge on any atom is -0.308 e. The second kappa shape index (κ2) is 4.55. The maximum absolute atomic E-state index is 5.83. The summed E-state index contributed by atoms with van der Waals surface area (Å²) >= 11 is 1.44. The molecule has 1 rings (SSSR count). The molecule has 4 nitrogen and oxygen atoms in total. The van der Waals surface area contributed by atoms with Gasteiger partial charge in [-0.2, -0.15) is 4.37 Å². The van der Waals surface area contributed by atoms with Gasteiger partial charge in [-0.3, -0.25) is 5.01 Å². The number of nitrogens with two attached hydrogens (primary N) is 1. The number of hydrogen-bond acceptors (Lipinski definition) is 5. The molecule has 0 fully saturated rings. The van der Waals surface area contributed by atoms with Crippen LogP contribution in [0.25, 0.3) is 0 Å². The monoisotopic (exact) mass is 200 g/mol. The molecule has 0 unspecified atom stereocenters. The van der Waals surface area contributed by atoms with Crippen LogP contribution in [0.2, 0.25) is 0 Å². The van der Waals surface area contributed by atoms with Gasteiger partial charge in [-0.1, -0.05) is 0 Å². The van der Waals surface area contributed by atoms with E-state index in [1.165, 1.54) is 11.5 Å². The lowest BCUT2D eigenvalue weighted by Crippen LogP contribution is -2.36. The molecule has 74 valence electrons. The first kappa shape index (κ1) is 10.4. The van der Waals surface area contributed by atoms with Crippen LogP contribution in [0.3, 0.4) is 0 Å². The zero-order chi connectivity index (χ0) is 9.84. The van der Waals surface area contributed by atoms with Crippen LogP contribution in [-0.4, -0.2) is 36.5 Å². The molecule has 0 radical (unpaired) electrons. The molecule has 0 amide bonds. The van der Waals surface area contributed by atoms with Gasteiger partial charge in [-0.25, -0.2) is 5.84 Å². The highest BCUT2D eigenvalue weighted by molar-refractivity contribution is 7.10. The fourth-order valence-corrected chi connectivity index (χ4v) is 1.61. The van der Waals surface area contributed by atoms with Gasteiger partial charge in [0.2, 0.25) is 0 Å². The van der Waals surface area contributed by atoms with Crippen LogP contribution < -0.4 is 10.9 Å². The number of aromatic nitrogens is 1. The van der Waals surface area contributed by atoms with Crippen LogP contribution in [0.15, 0.2) is 6.07 Å². The molecule has 13 heavy (non-hydrogen) atoms. The van der Waals surface area contributed by atoms with Gasteiger partial charge in [0, 0.05) is 13.1 Å². The number of nitrogens with zero attached hydrogens (tertiary/aromatic N) is 3. The van der Waals surface area contributed by atoms with Crippen molar-refractivity contribution >= 4 is 16.5 Å². The lowest BCUT2D eigenvalue weighted by atomic mass is 10.4. The minimum absolute atomic E-state index is 0.828. The Morgan fingerprint density at radius 1 is 1.46 bits per heavy atom. The van der Waals surface area contributed by atoms with E-state index < -0.39 is 0 Å². The third-order valence-electron chi connectivity index (χ3n) is 1.69. The number of hydrazine groups is 1. The molecule has 0 bridgehead atoms. The summed E-state index contributed by atoms with van der Waals surface area (Å²) in [5.41, 5.74) is 1.03. The third-order valence-corrected chi connectivity index (χ3v) is 2.61. The van der Waals surface area contributed by atoms with Gasteiger partial charge >= 0.3 is 0 Å². The molecular formula is C8H16N4S. The summed E-state index contributed by atoms with van der Waals surface area (Å²) < 4.78 is 4.17. The summed E-state index contributed by atoms with van der Waals surface area (Å²) in [6.45, 7) is 3.75. The van der Waals surface area contributed by atoms with E-state index in [1.54, 1.807) is 5.01 Å². The Bertz CT molecular complexity index is 258. The summed E-state index contributed by atoms with van der Waals surface area (Å²) in [7, 11) is 4.07. The van der Waals surface area contributed by atoms with Crippen LogP contribution in [0.5, 0.6) is 0 Å². The van der Waals surface area contributed by atoms with Gasteiger partial charge in [-0.15, -0.1) is 0 Å². The van der Waals surface area contributed by atoms with Crippen molar-refractivity contribution in [2.75, 3.05) is 32.2 Å². The predicted molar refractivity (Wildman–Crippen MR) is 56.9 cm³/mol. The Labute approximate surface area is 83.1 Å². The van der Waals surface area contributed by atoms with Crippen LogP contribution in [-0.2, 0) is 0 Å². The second-order valence-corrected chi connectivity index (χ2v) is 4.09. The van der Waals surface area contributed by atoms with E-state index in [0.717, 1.165) is 23.8 Å². The maximum atomic E-state index is 5.83. The zero-order valence-electron chi connectivity index (χ0n) is 8.32. The SMILES string of the molecule is Cc1cc(N(N)CCN(C)C)sn1. The van der Waals surface area contributed by atoms with Gasteiger partial charge in [0.15, 0.2) is 0 Å². The van der Waals surface area contributed by atoms with Crippen LogP contribution in [0.1, 0.15) is 5.69 Å². The molecule has 1 heterocycles. The van der Waals surface area contributed by atoms with E-state index in [0.29, 0.717) is 0 Å². The molecule has 5 heteroatoms. The number of aryl methyl sites for hydroxylation is 1. The summed E-state index contributed by atoms with van der Waals surface area (Å²) in [5.74, 6) is 5.83. The highest BCUT2D eigenvalue weighted by atomic mass is 32.1. The van der Waals surface area contributed by atoms with E-state index in [4.69, 9.17) is 5.84 Å². The van der Waals surface area contributed by atoms with Crippen molar-refractivity contribution in [1.82, 2.24) is 9.27 Å². The summed E-state index contributed by atoms with van der Waals surface area (Å²) in [6.07, 6.45) is 0. The predicted octanol–water partition coefficient (Wildman–Crippen LogP) is 0.693. The van der Waals surface area contributed by atoms with Crippen molar-refractivity contribution in [2.24, 2.45) is 5.84 Å².